The summed E-state index contributed by atoms with van der Waals surface area (Å²) in [5.74, 6) is 0. The molecule has 0 spiro atoms. The Balaban J connectivity index is 2.26. The molecule has 0 saturated carbocycles. The van der Waals surface area contributed by atoms with Gasteiger partial charge in [-0.25, -0.2) is 0 Å². The minimum absolute atomic E-state index is 0.506. The van der Waals surface area contributed by atoms with Gasteiger partial charge in [0.2, 0.25) is 0 Å². The van der Waals surface area contributed by atoms with Gasteiger partial charge in [0, 0.05) is 5.56 Å². The summed E-state index contributed by atoms with van der Waals surface area (Å²) in [5.41, 5.74) is 9.06. The molecule has 0 aromatic heterocycles. The number of allylic oxidation sites excluding steroid dienone is 1. The number of nitrogens with two attached hydrogens (primary N) is 1. The lowest BCUT2D eigenvalue weighted by Gasteiger charge is -2.09. The van der Waals surface area contributed by atoms with Gasteiger partial charge in [-0.15, -0.1) is 0 Å². The van der Waals surface area contributed by atoms with E-state index in [0.717, 1.165) is 21.9 Å². The van der Waals surface area contributed by atoms with Crippen molar-refractivity contribution in [1.29, 1.82) is 5.26 Å². The fourth-order valence-electron chi connectivity index (χ4n) is 2.48. The zero-order chi connectivity index (χ0) is 14.7. The molecule has 0 bridgehead atoms. The van der Waals surface area contributed by atoms with Crippen LogP contribution in [-0.4, -0.2) is 0 Å². The molecule has 0 aliphatic heterocycles. The third-order valence-electron chi connectivity index (χ3n) is 3.52. The van der Waals surface area contributed by atoms with Crippen LogP contribution in [0, 0.1) is 11.3 Å². The van der Waals surface area contributed by atoms with Crippen LogP contribution in [0.25, 0.3) is 22.0 Å². The third-order valence-corrected chi connectivity index (χ3v) is 3.52. The van der Waals surface area contributed by atoms with Crippen molar-refractivity contribution in [2.24, 2.45) is 5.73 Å². The molecule has 0 aliphatic carbocycles. The number of hydrogen-bond acceptors (Lipinski definition) is 2. The fourth-order valence-corrected chi connectivity index (χ4v) is 2.48. The molecule has 0 aliphatic rings. The zero-order valence-corrected chi connectivity index (χ0v) is 11.5. The molecule has 0 fully saturated rings. The maximum atomic E-state index is 9.50. The Bertz CT molecular complexity index is 850. The molecule has 0 saturated heterocycles. The van der Waals surface area contributed by atoms with Gasteiger partial charge >= 0.3 is 0 Å². The Hall–Kier alpha value is -3.05. The van der Waals surface area contributed by atoms with E-state index in [1.54, 1.807) is 0 Å². The van der Waals surface area contributed by atoms with Crippen LogP contribution in [0.2, 0.25) is 0 Å². The second-order valence-electron chi connectivity index (χ2n) is 4.79. The van der Waals surface area contributed by atoms with E-state index in [2.05, 4.69) is 6.07 Å². The largest absolute Gasteiger partial charge is 0.397 e. The van der Waals surface area contributed by atoms with Crippen LogP contribution in [0.15, 0.2) is 72.8 Å². The van der Waals surface area contributed by atoms with Crippen molar-refractivity contribution in [3.63, 3.8) is 0 Å². The first-order valence-electron chi connectivity index (χ1n) is 6.74. The van der Waals surface area contributed by atoms with Crippen LogP contribution < -0.4 is 5.73 Å². The van der Waals surface area contributed by atoms with Crippen LogP contribution in [-0.2, 0) is 0 Å². The topological polar surface area (TPSA) is 49.8 Å². The first-order valence-corrected chi connectivity index (χ1v) is 6.74. The fraction of sp³-hybridized carbons (Fsp3) is 0. The molecular formula is C19H14N2. The highest BCUT2D eigenvalue weighted by atomic mass is 14.6. The molecule has 2 heteroatoms. The Kier molecular flexibility index (Phi) is 3.41. The SMILES string of the molecule is N#C/C(=C(/N)c1cccc2ccccc12)c1ccccc1. The summed E-state index contributed by atoms with van der Waals surface area (Å²) in [7, 11) is 0. The lowest BCUT2D eigenvalue weighted by atomic mass is 9.97. The van der Waals surface area contributed by atoms with Crippen molar-refractivity contribution in [1.82, 2.24) is 0 Å². The van der Waals surface area contributed by atoms with E-state index in [-0.39, 0.29) is 0 Å². The van der Waals surface area contributed by atoms with Crippen LogP contribution in [0.3, 0.4) is 0 Å². The van der Waals surface area contributed by atoms with Gasteiger partial charge in [0.1, 0.15) is 6.07 Å². The molecule has 2 N–H and O–H groups in total. The van der Waals surface area contributed by atoms with E-state index in [4.69, 9.17) is 5.73 Å². The highest BCUT2D eigenvalue weighted by molar-refractivity contribution is 6.03. The van der Waals surface area contributed by atoms with E-state index in [9.17, 15) is 5.26 Å². The third kappa shape index (κ3) is 2.37. The molecule has 2 nitrogen and oxygen atoms in total. The predicted octanol–water partition coefficient (Wildman–Crippen LogP) is 4.19. The maximum Gasteiger partial charge on any atom is 0.102 e. The van der Waals surface area contributed by atoms with E-state index in [1.165, 1.54) is 0 Å². The normalized spacial score (nSPS) is 11.8. The quantitative estimate of drug-likeness (QED) is 0.560. The van der Waals surface area contributed by atoms with Crippen LogP contribution >= 0.6 is 0 Å². The second-order valence-corrected chi connectivity index (χ2v) is 4.79. The highest BCUT2D eigenvalue weighted by Gasteiger charge is 2.10. The van der Waals surface area contributed by atoms with Gasteiger partial charge in [-0.3, -0.25) is 0 Å². The molecule has 21 heavy (non-hydrogen) atoms. The van der Waals surface area contributed by atoms with Gasteiger partial charge in [-0.1, -0.05) is 72.8 Å². The molecule has 100 valence electrons. The van der Waals surface area contributed by atoms with Crippen LogP contribution in [0.5, 0.6) is 0 Å². The van der Waals surface area contributed by atoms with Gasteiger partial charge in [0.05, 0.1) is 11.3 Å². The summed E-state index contributed by atoms with van der Waals surface area (Å²) in [4.78, 5) is 0. The predicted molar refractivity (Wildman–Crippen MR) is 87.0 cm³/mol. The number of fused-ring (bicyclic) bond motifs is 1. The lowest BCUT2D eigenvalue weighted by Crippen LogP contribution is -2.01. The molecule has 0 atom stereocenters. The standard InChI is InChI=1S/C19H14N2/c20-13-18(15-7-2-1-3-8-15)19(21)17-12-6-10-14-9-4-5-11-16(14)17/h1-12H,21H2/b19-18-. The van der Waals surface area contributed by atoms with Crippen molar-refractivity contribution in [3.05, 3.63) is 83.9 Å². The molecule has 0 heterocycles. The zero-order valence-electron chi connectivity index (χ0n) is 11.5. The van der Waals surface area contributed by atoms with E-state index < -0.39 is 0 Å². The maximum absolute atomic E-state index is 9.50. The van der Waals surface area contributed by atoms with Crippen molar-refractivity contribution in [3.8, 4) is 6.07 Å². The van der Waals surface area contributed by atoms with Gasteiger partial charge in [-0.2, -0.15) is 5.26 Å². The first-order chi connectivity index (χ1) is 10.3. The smallest absolute Gasteiger partial charge is 0.102 e. The van der Waals surface area contributed by atoms with Gasteiger partial charge in [0.25, 0.3) is 0 Å². The van der Waals surface area contributed by atoms with Crippen molar-refractivity contribution in [2.75, 3.05) is 0 Å². The molecule has 0 amide bonds. The van der Waals surface area contributed by atoms with E-state index in [1.807, 2.05) is 72.8 Å². The highest BCUT2D eigenvalue weighted by Crippen LogP contribution is 2.27. The molecular weight excluding hydrogens is 256 g/mol. The summed E-state index contributed by atoms with van der Waals surface area (Å²) in [6, 6.07) is 25.8. The minimum atomic E-state index is 0.506. The van der Waals surface area contributed by atoms with E-state index in [0.29, 0.717) is 11.3 Å². The average Bonchev–Trinajstić information content (AvgIpc) is 2.56. The monoisotopic (exact) mass is 270 g/mol. The number of benzene rings is 3. The summed E-state index contributed by atoms with van der Waals surface area (Å²) in [5, 5.41) is 11.7. The number of nitriles is 1. The molecule has 3 aromatic carbocycles. The number of rotatable bonds is 2. The molecule has 3 aromatic rings. The van der Waals surface area contributed by atoms with Crippen molar-refractivity contribution < 1.29 is 0 Å². The Labute approximate surface area is 123 Å². The Morgan fingerprint density at radius 2 is 1.48 bits per heavy atom. The Morgan fingerprint density at radius 1 is 0.810 bits per heavy atom. The first kappa shape index (κ1) is 13.0. The molecule has 0 unspecified atom stereocenters. The lowest BCUT2D eigenvalue weighted by molar-refractivity contribution is 1.49. The van der Waals surface area contributed by atoms with Crippen LogP contribution in [0.1, 0.15) is 11.1 Å². The summed E-state index contributed by atoms with van der Waals surface area (Å²) < 4.78 is 0. The second kappa shape index (κ2) is 5.52. The number of hydrogen-bond donors (Lipinski definition) is 1. The Morgan fingerprint density at radius 3 is 2.24 bits per heavy atom. The molecule has 0 radical (unpaired) electrons. The summed E-state index contributed by atoms with van der Waals surface area (Å²) in [6.45, 7) is 0. The van der Waals surface area contributed by atoms with Gasteiger partial charge < -0.3 is 5.73 Å². The van der Waals surface area contributed by atoms with Gasteiger partial charge in [-0.05, 0) is 16.3 Å². The molecule has 3 rings (SSSR count). The van der Waals surface area contributed by atoms with Gasteiger partial charge in [0.15, 0.2) is 0 Å². The van der Waals surface area contributed by atoms with Crippen molar-refractivity contribution >= 4 is 22.0 Å². The summed E-state index contributed by atoms with van der Waals surface area (Å²) in [6.07, 6.45) is 0. The van der Waals surface area contributed by atoms with Crippen molar-refractivity contribution in [2.45, 2.75) is 0 Å². The average molecular weight is 270 g/mol. The van der Waals surface area contributed by atoms with Crippen LogP contribution in [0.4, 0.5) is 0 Å². The minimum Gasteiger partial charge on any atom is -0.397 e. The number of nitrogens with zero attached hydrogens (tertiary/aromatic N) is 1. The van der Waals surface area contributed by atoms with E-state index >= 15 is 0 Å². The summed E-state index contributed by atoms with van der Waals surface area (Å²) >= 11 is 0.